The Morgan fingerprint density at radius 1 is 1.42 bits per heavy atom. The molecule has 0 bridgehead atoms. The highest BCUT2D eigenvalue weighted by Gasteiger charge is 2.23. The molecule has 108 valence electrons. The average Bonchev–Trinajstić information content (AvgIpc) is 2.90. The van der Waals surface area contributed by atoms with Crippen LogP contribution in [0.2, 0.25) is 0 Å². The van der Waals surface area contributed by atoms with E-state index < -0.39 is 12.1 Å². The first-order valence-corrected chi connectivity index (χ1v) is 5.72. The minimum absolute atomic E-state index is 0.217. The first-order chi connectivity index (χ1) is 9.24. The van der Waals surface area contributed by atoms with Gasteiger partial charge in [0, 0.05) is 11.5 Å². The zero-order chi connectivity index (χ0) is 13.9. The maximum Gasteiger partial charge on any atom is 0.358 e. The molecule has 1 atom stereocenters. The maximum absolute atomic E-state index is 11.5. The van der Waals surface area contributed by atoms with Crippen molar-refractivity contribution >= 4 is 5.97 Å². The normalized spacial score (nSPS) is 16.9. The summed E-state index contributed by atoms with van der Waals surface area (Å²) in [6.07, 6.45) is -0.770. The molecular weight excluding hydrogens is 260 g/mol. The zero-order valence-electron chi connectivity index (χ0n) is 10.6. The fourth-order valence-corrected chi connectivity index (χ4v) is 1.07. The van der Waals surface area contributed by atoms with Crippen LogP contribution >= 0.6 is 0 Å². The molecule has 1 aliphatic rings. The fraction of sp³-hybridized carbons (Fsp3) is 0.889. The molecule has 1 unspecified atom stereocenters. The molecule has 1 heterocycles. The summed E-state index contributed by atoms with van der Waals surface area (Å²) in [5.41, 5.74) is 8.02. The lowest BCUT2D eigenvalue weighted by Crippen LogP contribution is -2.31. The Balaban J connectivity index is 2.01. The van der Waals surface area contributed by atoms with E-state index in [9.17, 15) is 4.79 Å². The number of rotatable bonds is 9. The molecule has 0 spiro atoms. The van der Waals surface area contributed by atoms with Crippen molar-refractivity contribution in [3.63, 3.8) is 0 Å². The second kappa shape index (κ2) is 9.50. The third-order valence-corrected chi connectivity index (χ3v) is 1.97. The summed E-state index contributed by atoms with van der Waals surface area (Å²) in [5, 5.41) is 3.96. The molecule has 19 heavy (non-hydrogen) atoms. The van der Waals surface area contributed by atoms with Crippen molar-refractivity contribution in [2.75, 3.05) is 39.6 Å². The lowest BCUT2D eigenvalue weighted by molar-refractivity contribution is -0.461. The van der Waals surface area contributed by atoms with Crippen LogP contribution < -0.4 is 0 Å². The van der Waals surface area contributed by atoms with Crippen molar-refractivity contribution in [2.45, 2.75) is 13.0 Å². The van der Waals surface area contributed by atoms with Crippen molar-refractivity contribution in [3.8, 4) is 0 Å². The van der Waals surface area contributed by atoms with E-state index in [0.29, 0.717) is 25.2 Å². The minimum atomic E-state index is -0.770. The number of hydrogen-bond donors (Lipinski definition) is 0. The maximum atomic E-state index is 11.5. The molecule has 0 saturated carbocycles. The molecule has 1 fully saturated rings. The molecule has 0 aliphatic carbocycles. The van der Waals surface area contributed by atoms with Crippen LogP contribution in [0.5, 0.6) is 0 Å². The van der Waals surface area contributed by atoms with Crippen molar-refractivity contribution < 1.29 is 28.8 Å². The van der Waals surface area contributed by atoms with Crippen LogP contribution in [0.25, 0.3) is 10.4 Å². The van der Waals surface area contributed by atoms with Crippen LogP contribution in [-0.2, 0) is 28.8 Å². The van der Waals surface area contributed by atoms with E-state index in [1.165, 1.54) is 0 Å². The second-order valence-corrected chi connectivity index (χ2v) is 3.38. The molecule has 0 aromatic heterocycles. The molecule has 0 amide bonds. The third-order valence-electron chi connectivity index (χ3n) is 1.97. The lowest BCUT2D eigenvalue weighted by Gasteiger charge is -2.15. The molecular formula is C9H16N4O6. The highest BCUT2D eigenvalue weighted by Crippen LogP contribution is 2.05. The zero-order valence-corrected chi connectivity index (χ0v) is 10.6. The predicted molar refractivity (Wildman–Crippen MR) is 60.1 cm³/mol. The summed E-state index contributed by atoms with van der Waals surface area (Å²) >= 11 is 0. The van der Waals surface area contributed by atoms with Gasteiger partial charge in [0.1, 0.15) is 18.6 Å². The van der Waals surface area contributed by atoms with Crippen LogP contribution in [0.1, 0.15) is 6.92 Å². The number of carbonyl (C=O) groups is 1. The van der Waals surface area contributed by atoms with Crippen LogP contribution in [0.15, 0.2) is 5.11 Å². The minimum Gasteiger partial charge on any atom is -0.379 e. The quantitative estimate of drug-likeness (QED) is 0.258. The Morgan fingerprint density at radius 2 is 2.16 bits per heavy atom. The predicted octanol–water partition coefficient (Wildman–Crippen LogP) is 0.355. The first-order valence-electron chi connectivity index (χ1n) is 5.72. The summed E-state index contributed by atoms with van der Waals surface area (Å²) in [7, 11) is 0. The molecule has 10 heteroatoms. The first kappa shape index (κ1) is 15.6. The molecule has 10 nitrogen and oxygen atoms in total. The van der Waals surface area contributed by atoms with Crippen molar-refractivity contribution in [1.29, 1.82) is 0 Å². The van der Waals surface area contributed by atoms with Gasteiger partial charge in [0.05, 0.1) is 19.8 Å². The van der Waals surface area contributed by atoms with Gasteiger partial charge in [-0.1, -0.05) is 5.11 Å². The number of azide groups is 1. The van der Waals surface area contributed by atoms with E-state index in [4.69, 9.17) is 29.5 Å². The van der Waals surface area contributed by atoms with Gasteiger partial charge >= 0.3 is 5.97 Å². The number of ether oxygens (including phenoxy) is 2. The van der Waals surface area contributed by atoms with E-state index in [0.717, 1.165) is 0 Å². The van der Waals surface area contributed by atoms with Gasteiger partial charge in [-0.15, -0.1) is 0 Å². The van der Waals surface area contributed by atoms with E-state index in [2.05, 4.69) is 10.0 Å². The summed E-state index contributed by atoms with van der Waals surface area (Å²) in [6, 6.07) is 0. The van der Waals surface area contributed by atoms with Gasteiger partial charge in [-0.2, -0.15) is 0 Å². The van der Waals surface area contributed by atoms with Gasteiger partial charge in [0.2, 0.25) is 0 Å². The largest absolute Gasteiger partial charge is 0.379 e. The molecule has 1 aliphatic heterocycles. The van der Waals surface area contributed by atoms with Gasteiger partial charge < -0.3 is 14.3 Å². The summed E-state index contributed by atoms with van der Waals surface area (Å²) < 4.78 is 10.3. The van der Waals surface area contributed by atoms with E-state index in [1.54, 1.807) is 6.92 Å². The summed E-state index contributed by atoms with van der Waals surface area (Å²) in [6.45, 7) is 3.28. The third kappa shape index (κ3) is 6.91. The van der Waals surface area contributed by atoms with Gasteiger partial charge in [-0.05, 0) is 12.5 Å². The monoisotopic (exact) mass is 276 g/mol. The molecule has 0 aromatic carbocycles. The number of carbonyl (C=O) groups excluding carboxylic acids is 1. The highest BCUT2D eigenvalue weighted by atomic mass is 17.2. The van der Waals surface area contributed by atoms with Crippen LogP contribution in [0, 0.1) is 0 Å². The van der Waals surface area contributed by atoms with E-state index in [-0.39, 0.29) is 19.8 Å². The van der Waals surface area contributed by atoms with E-state index >= 15 is 0 Å². The average molecular weight is 276 g/mol. The Hall–Kier alpha value is -1.42. The van der Waals surface area contributed by atoms with Crippen molar-refractivity contribution in [1.82, 2.24) is 5.39 Å². The van der Waals surface area contributed by atoms with Crippen LogP contribution in [0.4, 0.5) is 0 Å². The standard InChI is InChI=1S/C9H16N4O6/c1-8(9(14)19-13-17-6-7-18-13)16-5-4-15-3-2-11-12-10/h8H,2-7H2,1H3. The molecule has 0 aromatic rings. The van der Waals surface area contributed by atoms with Crippen molar-refractivity contribution in [2.24, 2.45) is 5.11 Å². The second-order valence-electron chi connectivity index (χ2n) is 3.38. The van der Waals surface area contributed by atoms with Crippen LogP contribution in [0.3, 0.4) is 0 Å². The summed E-state index contributed by atoms with van der Waals surface area (Å²) in [4.78, 5) is 28.4. The lowest BCUT2D eigenvalue weighted by atomic mass is 10.4. The van der Waals surface area contributed by atoms with Gasteiger partial charge in [0.15, 0.2) is 6.10 Å². The summed E-state index contributed by atoms with van der Waals surface area (Å²) in [5.74, 6) is -0.629. The Bertz CT molecular complexity index is 316. The molecule has 1 saturated heterocycles. The fourth-order valence-electron chi connectivity index (χ4n) is 1.07. The number of hydrogen-bond acceptors (Lipinski definition) is 8. The van der Waals surface area contributed by atoms with Gasteiger partial charge in [0.25, 0.3) is 0 Å². The number of nitrogens with zero attached hydrogens (tertiary/aromatic N) is 4. The van der Waals surface area contributed by atoms with E-state index in [1.807, 2.05) is 0 Å². The Morgan fingerprint density at radius 3 is 2.84 bits per heavy atom. The highest BCUT2D eigenvalue weighted by molar-refractivity contribution is 5.73. The molecule has 0 N–H and O–H groups in total. The molecule has 1 rings (SSSR count). The SMILES string of the molecule is CC(OCCOCCN=[N+]=[N-])C(=O)ON1OCCO1. The smallest absolute Gasteiger partial charge is 0.358 e. The van der Waals surface area contributed by atoms with Gasteiger partial charge in [-0.3, -0.25) is 0 Å². The molecule has 0 radical (unpaired) electrons. The Labute approximate surface area is 109 Å². The van der Waals surface area contributed by atoms with Gasteiger partial charge in [-0.25, -0.2) is 14.5 Å². The van der Waals surface area contributed by atoms with Crippen molar-refractivity contribution in [3.05, 3.63) is 10.4 Å². The van der Waals surface area contributed by atoms with Crippen LogP contribution in [-0.4, -0.2) is 57.0 Å². The Kier molecular flexibility index (Phi) is 7.82. The topological polar surface area (TPSA) is 115 Å².